The highest BCUT2D eigenvalue weighted by molar-refractivity contribution is 6.30. The molecule has 0 saturated heterocycles. The van der Waals surface area contributed by atoms with Crippen LogP contribution in [-0.2, 0) is 0 Å². The summed E-state index contributed by atoms with van der Waals surface area (Å²) < 4.78 is 13.3. The number of aromatic amines is 1. The molecule has 0 aliphatic carbocycles. The summed E-state index contributed by atoms with van der Waals surface area (Å²) in [6.45, 7) is 0. The first kappa shape index (κ1) is 17.9. The first-order valence-corrected chi connectivity index (χ1v) is 8.95. The number of nitrogens with zero attached hydrogens (tertiary/aromatic N) is 1. The van der Waals surface area contributed by atoms with Crippen molar-refractivity contribution in [3.05, 3.63) is 94.9 Å². The van der Waals surface area contributed by atoms with E-state index in [9.17, 15) is 9.18 Å². The van der Waals surface area contributed by atoms with Crippen LogP contribution in [-0.4, -0.2) is 17.1 Å². The Bertz CT molecular complexity index is 1160. The van der Waals surface area contributed by atoms with E-state index in [1.807, 2.05) is 24.3 Å². The predicted molar refractivity (Wildman–Crippen MR) is 110 cm³/mol. The molecule has 0 aliphatic rings. The highest BCUT2D eigenvalue weighted by Gasteiger charge is 2.18. The number of H-pyrrole nitrogens is 1. The van der Waals surface area contributed by atoms with Gasteiger partial charge in [0.25, 0.3) is 5.91 Å². The van der Waals surface area contributed by atoms with Crippen LogP contribution >= 0.6 is 11.6 Å². The molecule has 138 valence electrons. The Balaban J connectivity index is 1.67. The number of carbonyl (C=O) groups excluding carboxylic acids is 1. The first-order chi connectivity index (χ1) is 13.6. The number of hydrogen-bond donors (Lipinski definition) is 2. The second kappa shape index (κ2) is 7.66. The molecule has 0 atom stereocenters. The number of carbonyl (C=O) groups is 1. The molecule has 4 rings (SSSR count). The molecular weight excluding hydrogens is 377 g/mol. The van der Waals surface area contributed by atoms with E-state index in [1.165, 1.54) is 18.3 Å². The van der Waals surface area contributed by atoms with Crippen LogP contribution in [0, 0.1) is 5.82 Å². The van der Waals surface area contributed by atoms with Gasteiger partial charge in [0, 0.05) is 21.5 Å². The summed E-state index contributed by atoms with van der Waals surface area (Å²) in [6.07, 6.45) is 1.54. The molecule has 0 saturated carbocycles. The number of para-hydroxylation sites is 1. The maximum absolute atomic E-state index is 13.3. The van der Waals surface area contributed by atoms with Crippen molar-refractivity contribution in [1.29, 1.82) is 0 Å². The topological polar surface area (TPSA) is 57.2 Å². The minimum absolute atomic E-state index is 0.331. The van der Waals surface area contributed by atoms with Gasteiger partial charge in [0.05, 0.1) is 6.21 Å². The standard InChI is InChI=1S/C22H15ClFN3O/c23-16-9-5-14(6-10-16)13-25-27-22(28)21-20(15-7-11-17(24)12-8-15)18-3-1-2-4-19(18)26-21/h1-13,26H,(H,27,28)/b25-13-. The van der Waals surface area contributed by atoms with Crippen molar-refractivity contribution in [3.8, 4) is 11.1 Å². The second-order valence-electron chi connectivity index (χ2n) is 6.18. The van der Waals surface area contributed by atoms with Gasteiger partial charge in [-0.05, 0) is 41.5 Å². The predicted octanol–water partition coefficient (Wildman–Crippen LogP) is 5.39. The Hall–Kier alpha value is -3.44. The molecule has 0 radical (unpaired) electrons. The molecule has 0 spiro atoms. The van der Waals surface area contributed by atoms with Gasteiger partial charge in [-0.25, -0.2) is 9.82 Å². The zero-order chi connectivity index (χ0) is 19.5. The largest absolute Gasteiger partial charge is 0.350 e. The van der Waals surface area contributed by atoms with Gasteiger partial charge in [0.15, 0.2) is 0 Å². The van der Waals surface area contributed by atoms with Gasteiger partial charge >= 0.3 is 0 Å². The molecule has 0 fully saturated rings. The first-order valence-electron chi connectivity index (χ1n) is 8.57. The van der Waals surface area contributed by atoms with Crippen LogP contribution in [0.5, 0.6) is 0 Å². The van der Waals surface area contributed by atoms with E-state index in [0.29, 0.717) is 16.3 Å². The maximum atomic E-state index is 13.3. The fraction of sp³-hybridized carbons (Fsp3) is 0. The van der Waals surface area contributed by atoms with Gasteiger partial charge in [-0.2, -0.15) is 5.10 Å². The molecule has 4 aromatic rings. The molecular formula is C22H15ClFN3O. The number of halogens is 2. The fourth-order valence-corrected chi connectivity index (χ4v) is 3.12. The number of nitrogens with one attached hydrogen (secondary N) is 2. The fourth-order valence-electron chi connectivity index (χ4n) is 3.00. The minimum Gasteiger partial charge on any atom is -0.350 e. The molecule has 4 nitrogen and oxygen atoms in total. The third kappa shape index (κ3) is 3.66. The number of benzene rings is 3. The van der Waals surface area contributed by atoms with Crippen LogP contribution in [0.4, 0.5) is 4.39 Å². The molecule has 2 N–H and O–H groups in total. The number of hydrogen-bond acceptors (Lipinski definition) is 2. The zero-order valence-electron chi connectivity index (χ0n) is 14.6. The summed E-state index contributed by atoms with van der Waals surface area (Å²) in [4.78, 5) is 15.9. The van der Waals surface area contributed by atoms with Gasteiger partial charge in [0.1, 0.15) is 11.5 Å². The normalized spacial score (nSPS) is 11.2. The number of fused-ring (bicyclic) bond motifs is 1. The summed E-state index contributed by atoms with van der Waals surface area (Å²) in [6, 6.07) is 20.7. The van der Waals surface area contributed by atoms with Crippen LogP contribution in [0.25, 0.3) is 22.0 Å². The molecule has 0 bridgehead atoms. The van der Waals surface area contributed by atoms with Crippen LogP contribution < -0.4 is 5.43 Å². The highest BCUT2D eigenvalue weighted by Crippen LogP contribution is 2.32. The van der Waals surface area contributed by atoms with Crippen molar-refractivity contribution < 1.29 is 9.18 Å². The van der Waals surface area contributed by atoms with E-state index < -0.39 is 0 Å². The molecule has 3 aromatic carbocycles. The van der Waals surface area contributed by atoms with Crippen LogP contribution in [0.3, 0.4) is 0 Å². The molecule has 6 heteroatoms. The molecule has 28 heavy (non-hydrogen) atoms. The van der Waals surface area contributed by atoms with E-state index in [2.05, 4.69) is 15.5 Å². The van der Waals surface area contributed by atoms with E-state index >= 15 is 0 Å². The lowest BCUT2D eigenvalue weighted by atomic mass is 10.0. The zero-order valence-corrected chi connectivity index (χ0v) is 15.4. The summed E-state index contributed by atoms with van der Waals surface area (Å²) in [5, 5.41) is 5.52. The van der Waals surface area contributed by atoms with Crippen molar-refractivity contribution in [2.75, 3.05) is 0 Å². The van der Waals surface area contributed by atoms with Gasteiger partial charge < -0.3 is 4.98 Å². The van der Waals surface area contributed by atoms with Gasteiger partial charge in [-0.15, -0.1) is 0 Å². The summed E-state index contributed by atoms with van der Waals surface area (Å²) in [5.41, 5.74) is 5.96. The molecule has 0 unspecified atom stereocenters. The van der Waals surface area contributed by atoms with E-state index in [0.717, 1.165) is 22.0 Å². The Kier molecular flexibility index (Phi) is 4.91. The lowest BCUT2D eigenvalue weighted by Crippen LogP contribution is -2.18. The van der Waals surface area contributed by atoms with Crippen molar-refractivity contribution in [1.82, 2.24) is 10.4 Å². The van der Waals surface area contributed by atoms with Crippen LogP contribution in [0.1, 0.15) is 16.1 Å². The van der Waals surface area contributed by atoms with Gasteiger partial charge in [-0.1, -0.05) is 54.1 Å². The van der Waals surface area contributed by atoms with E-state index in [4.69, 9.17) is 11.6 Å². The minimum atomic E-state index is -0.388. The molecule has 1 aromatic heterocycles. The van der Waals surface area contributed by atoms with Crippen molar-refractivity contribution >= 4 is 34.6 Å². The maximum Gasteiger partial charge on any atom is 0.288 e. The number of hydrazone groups is 1. The van der Waals surface area contributed by atoms with Crippen molar-refractivity contribution in [3.63, 3.8) is 0 Å². The van der Waals surface area contributed by atoms with Gasteiger partial charge in [0.2, 0.25) is 0 Å². The van der Waals surface area contributed by atoms with Crippen molar-refractivity contribution in [2.45, 2.75) is 0 Å². The quantitative estimate of drug-likeness (QED) is 0.355. The highest BCUT2D eigenvalue weighted by atomic mass is 35.5. The molecule has 1 amide bonds. The monoisotopic (exact) mass is 391 g/mol. The van der Waals surface area contributed by atoms with Gasteiger partial charge in [-0.3, -0.25) is 4.79 Å². The Morgan fingerprint density at radius 2 is 1.71 bits per heavy atom. The summed E-state index contributed by atoms with van der Waals surface area (Å²) in [5.74, 6) is -0.720. The lowest BCUT2D eigenvalue weighted by Gasteiger charge is -2.04. The SMILES string of the molecule is O=C(N/N=C\c1ccc(Cl)cc1)c1[nH]c2ccccc2c1-c1ccc(F)cc1. The van der Waals surface area contributed by atoms with Crippen molar-refractivity contribution in [2.24, 2.45) is 5.10 Å². The van der Waals surface area contributed by atoms with Crippen LogP contribution in [0.15, 0.2) is 77.9 Å². The second-order valence-corrected chi connectivity index (χ2v) is 6.61. The summed E-state index contributed by atoms with van der Waals surface area (Å²) >= 11 is 5.86. The Morgan fingerprint density at radius 1 is 1.00 bits per heavy atom. The number of amides is 1. The van der Waals surface area contributed by atoms with E-state index in [-0.39, 0.29) is 11.7 Å². The number of rotatable bonds is 4. The van der Waals surface area contributed by atoms with E-state index in [1.54, 1.807) is 36.4 Å². The van der Waals surface area contributed by atoms with Crippen LogP contribution in [0.2, 0.25) is 5.02 Å². The average Bonchev–Trinajstić information content (AvgIpc) is 3.10. The average molecular weight is 392 g/mol. The smallest absolute Gasteiger partial charge is 0.288 e. The Morgan fingerprint density at radius 3 is 2.46 bits per heavy atom. The molecule has 1 heterocycles. The number of aromatic nitrogens is 1. The summed E-state index contributed by atoms with van der Waals surface area (Å²) in [7, 11) is 0. The lowest BCUT2D eigenvalue weighted by molar-refractivity contribution is 0.0951. The molecule has 0 aliphatic heterocycles. The Labute approximate surface area is 165 Å². The third-order valence-corrected chi connectivity index (χ3v) is 4.57. The third-order valence-electron chi connectivity index (χ3n) is 4.32.